The van der Waals surface area contributed by atoms with E-state index in [0.29, 0.717) is 18.1 Å². The van der Waals surface area contributed by atoms with Crippen LogP contribution >= 0.6 is 12.6 Å². The largest absolute Gasteiger partial charge is 0.492 e. The number of aromatic nitrogens is 2. The Morgan fingerprint density at radius 3 is 2.43 bits per heavy atom. The number of hydrogen-bond acceptors (Lipinski definition) is 3. The van der Waals surface area contributed by atoms with Crippen molar-refractivity contribution in [3.05, 3.63) is 10.5 Å². The molecule has 1 aromatic rings. The molecule has 0 unspecified atom stereocenters. The summed E-state index contributed by atoms with van der Waals surface area (Å²) in [5, 5.41) is 9.93. The van der Waals surface area contributed by atoms with Gasteiger partial charge in [0.1, 0.15) is 5.03 Å². The topological polar surface area (TPSA) is 47.2 Å². The van der Waals surface area contributed by atoms with E-state index < -0.39 is 0 Å². The van der Waals surface area contributed by atoms with Gasteiger partial charge in [0.05, 0.1) is 0 Å². The quantitative estimate of drug-likeness (QED) is 0.749. The van der Waals surface area contributed by atoms with Gasteiger partial charge in [-0.2, -0.15) is 0 Å². The molecule has 0 spiro atoms. The number of unbranched alkanes of at least 4 members (excludes halogenated alkanes) is 1. The summed E-state index contributed by atoms with van der Waals surface area (Å²) in [5.41, 5.74) is -0.177. The third-order valence-electron chi connectivity index (χ3n) is 2.22. The molecule has 0 saturated heterocycles. The second kappa shape index (κ2) is 4.59. The second-order valence-corrected chi connectivity index (χ2v) is 3.60. The fourth-order valence-electron chi connectivity index (χ4n) is 1.37. The van der Waals surface area contributed by atoms with Crippen LogP contribution in [0.5, 0.6) is 5.88 Å². The monoisotopic (exact) mass is 216 g/mol. The van der Waals surface area contributed by atoms with Crippen LogP contribution in [0.15, 0.2) is 9.82 Å². The Morgan fingerprint density at radius 1 is 1.36 bits per heavy atom. The number of nitrogens with zero attached hydrogens (tertiary/aromatic N) is 2. The third kappa shape index (κ3) is 1.82. The fourth-order valence-corrected chi connectivity index (χ4v) is 1.68. The van der Waals surface area contributed by atoms with Crippen LogP contribution in [-0.2, 0) is 13.1 Å². The number of aromatic hydroxyl groups is 1. The molecule has 0 aliphatic rings. The summed E-state index contributed by atoms with van der Waals surface area (Å²) in [5.74, 6) is -0.0306. The first-order valence-electron chi connectivity index (χ1n) is 4.84. The summed E-state index contributed by atoms with van der Waals surface area (Å²) >= 11 is 4.12. The normalized spacial score (nSPS) is 10.8. The van der Waals surface area contributed by atoms with Crippen molar-refractivity contribution in [2.24, 2.45) is 0 Å². The van der Waals surface area contributed by atoms with Gasteiger partial charge in [0.2, 0.25) is 5.88 Å². The molecule has 1 heterocycles. The smallest absolute Gasteiger partial charge is 0.331 e. The van der Waals surface area contributed by atoms with Gasteiger partial charge < -0.3 is 5.11 Å². The molecule has 1 aromatic heterocycles. The molecule has 4 nitrogen and oxygen atoms in total. The molecular weight excluding hydrogens is 200 g/mol. The Hall–Kier alpha value is -0.840. The molecule has 1 rings (SSSR count). The molecule has 0 aliphatic carbocycles. The SMILES string of the molecule is CCCCn1c(S)c(O)n(CC)c1=O. The highest BCUT2D eigenvalue weighted by Crippen LogP contribution is 2.19. The maximum atomic E-state index is 11.7. The maximum absolute atomic E-state index is 11.7. The van der Waals surface area contributed by atoms with Gasteiger partial charge in [-0.1, -0.05) is 13.3 Å². The van der Waals surface area contributed by atoms with Gasteiger partial charge in [-0.25, -0.2) is 4.79 Å². The predicted molar refractivity (Wildman–Crippen MR) is 58.2 cm³/mol. The standard InChI is InChI=1S/C9H16N2O2S/c1-3-5-6-11-8(14)7(12)10(4-2)9(11)13/h12,14H,3-6H2,1-2H3. The average molecular weight is 216 g/mol. The minimum Gasteiger partial charge on any atom is -0.492 e. The highest BCUT2D eigenvalue weighted by Gasteiger charge is 2.14. The van der Waals surface area contributed by atoms with Crippen LogP contribution in [0, 0.1) is 0 Å². The zero-order chi connectivity index (χ0) is 10.7. The van der Waals surface area contributed by atoms with Crippen LogP contribution in [0.25, 0.3) is 0 Å². The van der Waals surface area contributed by atoms with E-state index in [2.05, 4.69) is 19.6 Å². The van der Waals surface area contributed by atoms with Crippen LogP contribution < -0.4 is 5.69 Å². The summed E-state index contributed by atoms with van der Waals surface area (Å²) < 4.78 is 2.82. The van der Waals surface area contributed by atoms with Crippen LogP contribution in [0.3, 0.4) is 0 Å². The summed E-state index contributed by atoms with van der Waals surface area (Å²) in [6, 6.07) is 0. The highest BCUT2D eigenvalue weighted by atomic mass is 32.1. The van der Waals surface area contributed by atoms with E-state index >= 15 is 0 Å². The summed E-state index contributed by atoms with van der Waals surface area (Å²) in [6.45, 7) is 4.96. The lowest BCUT2D eigenvalue weighted by Crippen LogP contribution is -2.24. The van der Waals surface area contributed by atoms with Crippen LogP contribution in [0.1, 0.15) is 26.7 Å². The molecule has 0 fully saturated rings. The van der Waals surface area contributed by atoms with Crippen molar-refractivity contribution < 1.29 is 5.11 Å². The Morgan fingerprint density at radius 2 is 2.00 bits per heavy atom. The number of thiol groups is 1. The van der Waals surface area contributed by atoms with E-state index in [0.717, 1.165) is 12.8 Å². The molecule has 0 bridgehead atoms. The van der Waals surface area contributed by atoms with Gasteiger partial charge in [-0.15, -0.1) is 12.6 Å². The fraction of sp³-hybridized carbons (Fsp3) is 0.667. The van der Waals surface area contributed by atoms with E-state index in [9.17, 15) is 9.90 Å². The molecule has 0 aromatic carbocycles. The van der Waals surface area contributed by atoms with Crippen molar-refractivity contribution >= 4 is 12.6 Å². The van der Waals surface area contributed by atoms with Crippen LogP contribution in [-0.4, -0.2) is 14.2 Å². The molecule has 0 radical (unpaired) electrons. The van der Waals surface area contributed by atoms with E-state index in [1.807, 2.05) is 6.92 Å². The molecule has 14 heavy (non-hydrogen) atoms. The van der Waals surface area contributed by atoms with Gasteiger partial charge in [-0.3, -0.25) is 9.13 Å². The molecule has 0 amide bonds. The summed E-state index contributed by atoms with van der Waals surface area (Å²) in [6.07, 6.45) is 1.93. The van der Waals surface area contributed by atoms with Gasteiger partial charge in [-0.05, 0) is 13.3 Å². The minimum atomic E-state index is -0.177. The van der Waals surface area contributed by atoms with Gasteiger partial charge in [0, 0.05) is 13.1 Å². The first-order chi connectivity index (χ1) is 6.63. The van der Waals surface area contributed by atoms with Crippen molar-refractivity contribution in [2.45, 2.75) is 44.8 Å². The van der Waals surface area contributed by atoms with Crippen molar-refractivity contribution in [1.82, 2.24) is 9.13 Å². The van der Waals surface area contributed by atoms with Crippen molar-refractivity contribution in [1.29, 1.82) is 0 Å². The van der Waals surface area contributed by atoms with Crippen molar-refractivity contribution in [3.8, 4) is 5.88 Å². The number of rotatable bonds is 4. The van der Waals surface area contributed by atoms with E-state index in [4.69, 9.17) is 0 Å². The maximum Gasteiger partial charge on any atom is 0.331 e. The molecule has 0 atom stereocenters. The zero-order valence-corrected chi connectivity index (χ0v) is 9.42. The Balaban J connectivity index is 3.10. The average Bonchev–Trinajstić information content (AvgIpc) is 2.37. The lowest BCUT2D eigenvalue weighted by atomic mass is 10.3. The predicted octanol–water partition coefficient (Wildman–Crippen LogP) is 1.46. The third-order valence-corrected chi connectivity index (χ3v) is 2.67. The van der Waals surface area contributed by atoms with Crippen LogP contribution in [0.2, 0.25) is 0 Å². The van der Waals surface area contributed by atoms with Crippen molar-refractivity contribution in [2.75, 3.05) is 0 Å². The van der Waals surface area contributed by atoms with Crippen LogP contribution in [0.4, 0.5) is 0 Å². The molecule has 80 valence electrons. The van der Waals surface area contributed by atoms with E-state index in [-0.39, 0.29) is 11.6 Å². The van der Waals surface area contributed by atoms with E-state index in [1.54, 1.807) is 0 Å². The first kappa shape index (κ1) is 11.2. The van der Waals surface area contributed by atoms with Gasteiger partial charge in [0.25, 0.3) is 0 Å². The second-order valence-electron chi connectivity index (χ2n) is 3.18. The zero-order valence-electron chi connectivity index (χ0n) is 8.53. The minimum absolute atomic E-state index is 0.0306. The molecule has 0 aliphatic heterocycles. The molecule has 0 saturated carbocycles. The molecule has 1 N–H and O–H groups in total. The first-order valence-corrected chi connectivity index (χ1v) is 5.29. The number of hydrogen-bond donors (Lipinski definition) is 2. The summed E-state index contributed by atoms with van der Waals surface area (Å²) in [7, 11) is 0. The van der Waals surface area contributed by atoms with Crippen molar-refractivity contribution in [3.63, 3.8) is 0 Å². The molecule has 5 heteroatoms. The van der Waals surface area contributed by atoms with E-state index in [1.165, 1.54) is 9.13 Å². The van der Waals surface area contributed by atoms with Gasteiger partial charge in [0.15, 0.2) is 0 Å². The Bertz CT molecular complexity index is 368. The summed E-state index contributed by atoms with van der Waals surface area (Å²) in [4.78, 5) is 11.7. The van der Waals surface area contributed by atoms with Gasteiger partial charge >= 0.3 is 5.69 Å². The Kier molecular flexibility index (Phi) is 3.69. The lowest BCUT2D eigenvalue weighted by Gasteiger charge is -2.00. The Labute approximate surface area is 88.6 Å². The molecular formula is C9H16N2O2S. The number of imidazole rings is 1. The highest BCUT2D eigenvalue weighted by molar-refractivity contribution is 7.80. The lowest BCUT2D eigenvalue weighted by molar-refractivity contribution is 0.406.